The van der Waals surface area contributed by atoms with Crippen molar-refractivity contribution in [1.82, 2.24) is 0 Å². The Kier molecular flexibility index (Phi) is 4.11. The molecule has 2 rings (SSSR count). The number of carboxylic acid groups (broad SMARTS) is 1. The molecule has 1 amide bonds. The standard InChI is InChI=1S/C13H11FN2O3S/c14-7-3-1-4-8(10(7)13(18)19)16-12(17)11(15)9-5-2-6-20-9/h1-6,11H,15H2,(H,16,17)(H,18,19). The van der Waals surface area contributed by atoms with E-state index < -0.39 is 29.3 Å². The monoisotopic (exact) mass is 294 g/mol. The minimum absolute atomic E-state index is 0.116. The van der Waals surface area contributed by atoms with E-state index in [-0.39, 0.29) is 5.69 Å². The molecule has 4 N–H and O–H groups in total. The molecule has 1 atom stereocenters. The molecular formula is C13H11FN2O3S. The number of carbonyl (C=O) groups excluding carboxylic acids is 1. The average molecular weight is 294 g/mol. The number of amides is 1. The second kappa shape index (κ2) is 5.81. The molecule has 0 saturated heterocycles. The third-order valence-corrected chi connectivity index (χ3v) is 3.57. The number of hydrogen-bond acceptors (Lipinski definition) is 4. The maximum atomic E-state index is 13.5. The third-order valence-electron chi connectivity index (χ3n) is 2.62. The van der Waals surface area contributed by atoms with Crippen molar-refractivity contribution < 1.29 is 19.1 Å². The minimum Gasteiger partial charge on any atom is -0.478 e. The summed E-state index contributed by atoms with van der Waals surface area (Å²) in [6.07, 6.45) is 0. The lowest BCUT2D eigenvalue weighted by Gasteiger charge is -2.12. The summed E-state index contributed by atoms with van der Waals surface area (Å²) in [5.74, 6) is -2.97. The quantitative estimate of drug-likeness (QED) is 0.806. The normalized spacial score (nSPS) is 11.9. The maximum Gasteiger partial charge on any atom is 0.340 e. The summed E-state index contributed by atoms with van der Waals surface area (Å²) in [7, 11) is 0. The van der Waals surface area contributed by atoms with Gasteiger partial charge in [-0.05, 0) is 23.6 Å². The summed E-state index contributed by atoms with van der Waals surface area (Å²) in [5, 5.41) is 13.1. The zero-order valence-corrected chi connectivity index (χ0v) is 11.0. The van der Waals surface area contributed by atoms with Crippen LogP contribution >= 0.6 is 11.3 Å². The number of aromatic carboxylic acids is 1. The first kappa shape index (κ1) is 14.2. The predicted octanol–water partition coefficient (Wildman–Crippen LogP) is 2.22. The Morgan fingerprint density at radius 2 is 2.05 bits per heavy atom. The van der Waals surface area contributed by atoms with E-state index >= 15 is 0 Å². The molecule has 1 unspecified atom stereocenters. The highest BCUT2D eigenvalue weighted by Crippen LogP contribution is 2.22. The lowest BCUT2D eigenvalue weighted by molar-refractivity contribution is -0.117. The van der Waals surface area contributed by atoms with Gasteiger partial charge in [-0.1, -0.05) is 12.1 Å². The summed E-state index contributed by atoms with van der Waals surface area (Å²) in [6.45, 7) is 0. The van der Waals surface area contributed by atoms with Gasteiger partial charge >= 0.3 is 5.97 Å². The number of benzene rings is 1. The first-order valence-corrected chi connectivity index (χ1v) is 6.50. The first-order chi connectivity index (χ1) is 9.50. The molecule has 0 radical (unpaired) electrons. The minimum atomic E-state index is -1.46. The van der Waals surface area contributed by atoms with Crippen molar-refractivity contribution in [3.05, 3.63) is 52.0 Å². The molecule has 1 aromatic heterocycles. The summed E-state index contributed by atoms with van der Waals surface area (Å²) < 4.78 is 13.5. The van der Waals surface area contributed by atoms with Gasteiger partial charge in [-0.3, -0.25) is 4.79 Å². The molecule has 0 fully saturated rings. The smallest absolute Gasteiger partial charge is 0.340 e. The van der Waals surface area contributed by atoms with E-state index in [1.54, 1.807) is 17.5 Å². The van der Waals surface area contributed by atoms with Crippen molar-refractivity contribution in [3.8, 4) is 0 Å². The van der Waals surface area contributed by atoms with Crippen molar-refractivity contribution in [1.29, 1.82) is 0 Å². The predicted molar refractivity (Wildman–Crippen MR) is 73.2 cm³/mol. The Balaban J connectivity index is 2.24. The van der Waals surface area contributed by atoms with E-state index in [0.29, 0.717) is 4.88 Å². The molecule has 5 nitrogen and oxygen atoms in total. The molecule has 2 aromatic rings. The van der Waals surface area contributed by atoms with Crippen molar-refractivity contribution in [2.45, 2.75) is 6.04 Å². The second-order valence-corrected chi connectivity index (χ2v) is 4.93. The topological polar surface area (TPSA) is 92.4 Å². The van der Waals surface area contributed by atoms with Crippen molar-refractivity contribution in [2.24, 2.45) is 5.73 Å². The van der Waals surface area contributed by atoms with E-state index in [1.165, 1.54) is 23.5 Å². The van der Waals surface area contributed by atoms with Gasteiger partial charge in [-0.2, -0.15) is 0 Å². The van der Waals surface area contributed by atoms with E-state index in [9.17, 15) is 14.0 Å². The maximum absolute atomic E-state index is 13.5. The van der Waals surface area contributed by atoms with Gasteiger partial charge in [0.1, 0.15) is 17.4 Å². The van der Waals surface area contributed by atoms with Crippen LogP contribution in [0, 0.1) is 5.82 Å². The fourth-order valence-corrected chi connectivity index (χ4v) is 2.38. The van der Waals surface area contributed by atoms with Gasteiger partial charge in [0, 0.05) is 4.88 Å². The van der Waals surface area contributed by atoms with Crippen LogP contribution in [0.5, 0.6) is 0 Å². The largest absolute Gasteiger partial charge is 0.478 e. The van der Waals surface area contributed by atoms with Gasteiger partial charge in [0.25, 0.3) is 0 Å². The van der Waals surface area contributed by atoms with Crippen LogP contribution in [0.4, 0.5) is 10.1 Å². The fraction of sp³-hybridized carbons (Fsp3) is 0.0769. The van der Waals surface area contributed by atoms with Crippen LogP contribution in [0.2, 0.25) is 0 Å². The van der Waals surface area contributed by atoms with Crippen molar-refractivity contribution in [2.75, 3.05) is 5.32 Å². The number of hydrogen-bond donors (Lipinski definition) is 3. The van der Waals surface area contributed by atoms with Crippen molar-refractivity contribution >= 4 is 28.9 Å². The van der Waals surface area contributed by atoms with Gasteiger partial charge < -0.3 is 16.2 Å². The number of nitrogens with one attached hydrogen (secondary N) is 1. The number of anilines is 1. The molecule has 104 valence electrons. The zero-order chi connectivity index (χ0) is 14.7. The first-order valence-electron chi connectivity index (χ1n) is 5.62. The Morgan fingerprint density at radius 1 is 1.30 bits per heavy atom. The van der Waals surface area contributed by atoms with Crippen LogP contribution < -0.4 is 11.1 Å². The number of carbonyl (C=O) groups is 2. The second-order valence-electron chi connectivity index (χ2n) is 3.95. The Hall–Kier alpha value is -2.25. The average Bonchev–Trinajstić information content (AvgIpc) is 2.91. The van der Waals surface area contributed by atoms with E-state index in [1.807, 2.05) is 0 Å². The molecule has 0 aliphatic heterocycles. The number of thiophene rings is 1. The Labute approximate surface area is 117 Å². The molecule has 1 aromatic carbocycles. The number of nitrogens with two attached hydrogens (primary N) is 1. The van der Waals surface area contributed by atoms with Crippen LogP contribution in [0.25, 0.3) is 0 Å². The summed E-state index contributed by atoms with van der Waals surface area (Å²) in [4.78, 5) is 23.6. The van der Waals surface area contributed by atoms with Crippen LogP contribution in [-0.2, 0) is 4.79 Å². The van der Waals surface area contributed by atoms with Gasteiger partial charge in [0.15, 0.2) is 0 Å². The molecule has 0 aliphatic carbocycles. The van der Waals surface area contributed by atoms with E-state index in [0.717, 1.165) is 6.07 Å². The lowest BCUT2D eigenvalue weighted by Crippen LogP contribution is -2.28. The van der Waals surface area contributed by atoms with Crippen molar-refractivity contribution in [3.63, 3.8) is 0 Å². The Bertz CT molecular complexity index is 643. The molecular weight excluding hydrogens is 283 g/mol. The molecule has 0 aliphatic rings. The number of carboxylic acids is 1. The van der Waals surface area contributed by atoms with Crippen LogP contribution in [0.3, 0.4) is 0 Å². The van der Waals surface area contributed by atoms with Gasteiger partial charge in [0.2, 0.25) is 5.91 Å². The van der Waals surface area contributed by atoms with Crippen LogP contribution in [0.15, 0.2) is 35.7 Å². The number of rotatable bonds is 4. The summed E-state index contributed by atoms with van der Waals surface area (Å²) >= 11 is 1.31. The molecule has 20 heavy (non-hydrogen) atoms. The molecule has 0 saturated carbocycles. The van der Waals surface area contributed by atoms with E-state index in [4.69, 9.17) is 10.8 Å². The van der Waals surface area contributed by atoms with Gasteiger partial charge in [-0.25, -0.2) is 9.18 Å². The number of halogens is 1. The van der Waals surface area contributed by atoms with E-state index in [2.05, 4.69) is 5.32 Å². The Morgan fingerprint density at radius 3 is 2.65 bits per heavy atom. The molecule has 0 bridgehead atoms. The molecule has 7 heteroatoms. The van der Waals surface area contributed by atoms with Crippen LogP contribution in [-0.4, -0.2) is 17.0 Å². The third kappa shape index (κ3) is 2.84. The highest BCUT2D eigenvalue weighted by molar-refractivity contribution is 7.10. The lowest BCUT2D eigenvalue weighted by atomic mass is 10.1. The van der Waals surface area contributed by atoms with Crippen LogP contribution in [0.1, 0.15) is 21.3 Å². The SMILES string of the molecule is NC(C(=O)Nc1cccc(F)c1C(=O)O)c1cccs1. The zero-order valence-electron chi connectivity index (χ0n) is 10.2. The molecule has 1 heterocycles. The highest BCUT2D eigenvalue weighted by atomic mass is 32.1. The molecule has 0 spiro atoms. The highest BCUT2D eigenvalue weighted by Gasteiger charge is 2.21. The summed E-state index contributed by atoms with van der Waals surface area (Å²) in [6, 6.07) is 6.15. The fourth-order valence-electron chi connectivity index (χ4n) is 1.65. The van der Waals surface area contributed by atoms with Gasteiger partial charge in [-0.15, -0.1) is 11.3 Å². The van der Waals surface area contributed by atoms with Gasteiger partial charge in [0.05, 0.1) is 5.69 Å². The summed E-state index contributed by atoms with van der Waals surface area (Å²) in [5.41, 5.74) is 5.05.